The Hall–Kier alpha value is -3.70. The lowest BCUT2D eigenvalue weighted by molar-refractivity contribution is -0.138. The van der Waals surface area contributed by atoms with Gasteiger partial charge in [-0.25, -0.2) is 9.97 Å². The number of benzene rings is 2. The van der Waals surface area contributed by atoms with Crippen molar-refractivity contribution < 1.29 is 32.5 Å². The van der Waals surface area contributed by atoms with Gasteiger partial charge in [0.2, 0.25) is 12.7 Å². The van der Waals surface area contributed by atoms with Gasteiger partial charge in [0.15, 0.2) is 11.5 Å². The number of aryl methyl sites for hydroxylation is 2. The number of rotatable bonds is 8. The standard InChI is InChI=1S/C34H39F3N4O4/c1-32(2,43)18-41-14-12-20(13-15-41)23-9-11-26(30-29(23)44-19-45-30)40-31-38-17-24(34(35,36)37)25(39-31)10-8-21-6-5-7-22-16-27(42)33(3,4)28(21)22/h5-7,9,11,17,20,43H,8,10,12-16,18-19H2,1-4H3,(H,38,39,40). The van der Waals surface area contributed by atoms with E-state index in [1.54, 1.807) is 0 Å². The number of β-amino-alcohol motifs (C(OH)–C–C–N with tert-alkyl or cyclic N) is 1. The van der Waals surface area contributed by atoms with Gasteiger partial charge in [-0.2, -0.15) is 13.2 Å². The molecule has 3 aromatic rings. The first kappa shape index (κ1) is 31.3. The molecule has 11 heteroatoms. The van der Waals surface area contributed by atoms with Crippen LogP contribution in [0.2, 0.25) is 0 Å². The van der Waals surface area contributed by atoms with Crippen LogP contribution in [0.5, 0.6) is 11.5 Å². The third kappa shape index (κ3) is 6.37. The van der Waals surface area contributed by atoms with Crippen LogP contribution in [0.1, 0.15) is 80.0 Å². The predicted octanol–water partition coefficient (Wildman–Crippen LogP) is 6.11. The summed E-state index contributed by atoms with van der Waals surface area (Å²) in [5, 5.41) is 13.3. The summed E-state index contributed by atoms with van der Waals surface area (Å²) in [5.74, 6) is 1.50. The van der Waals surface area contributed by atoms with E-state index in [2.05, 4.69) is 20.2 Å². The fourth-order valence-electron chi connectivity index (χ4n) is 7.01. The minimum absolute atomic E-state index is 0.0234. The zero-order chi connectivity index (χ0) is 32.1. The Kier molecular flexibility index (Phi) is 8.06. The van der Waals surface area contributed by atoms with Gasteiger partial charge in [-0.1, -0.05) is 24.3 Å². The lowest BCUT2D eigenvalue weighted by atomic mass is 9.81. The maximum Gasteiger partial charge on any atom is 0.419 e. The molecule has 0 saturated carbocycles. The zero-order valence-corrected chi connectivity index (χ0v) is 26.1. The van der Waals surface area contributed by atoms with Crippen LogP contribution in [-0.2, 0) is 35.6 Å². The van der Waals surface area contributed by atoms with Crippen molar-refractivity contribution in [3.05, 3.63) is 70.0 Å². The van der Waals surface area contributed by atoms with E-state index in [9.17, 15) is 23.1 Å². The van der Waals surface area contributed by atoms with Crippen molar-refractivity contribution in [1.29, 1.82) is 0 Å². The number of fused-ring (bicyclic) bond motifs is 2. The van der Waals surface area contributed by atoms with Crippen LogP contribution in [0.15, 0.2) is 36.5 Å². The number of hydrogen-bond donors (Lipinski definition) is 2. The van der Waals surface area contributed by atoms with Crippen LogP contribution < -0.4 is 14.8 Å². The molecule has 8 nitrogen and oxygen atoms in total. The number of halogens is 3. The number of carbonyl (C=O) groups excluding carboxylic acids is 1. The first-order chi connectivity index (χ1) is 21.2. The van der Waals surface area contributed by atoms with Gasteiger partial charge in [0.1, 0.15) is 5.78 Å². The molecule has 6 rings (SSSR count). The molecule has 0 amide bonds. The molecule has 0 atom stereocenters. The van der Waals surface area contributed by atoms with Crippen molar-refractivity contribution in [1.82, 2.24) is 14.9 Å². The highest BCUT2D eigenvalue weighted by molar-refractivity contribution is 5.96. The molecular formula is C34H39F3N4O4. The molecule has 1 aliphatic carbocycles. The van der Waals surface area contributed by atoms with Gasteiger partial charge in [-0.3, -0.25) is 4.79 Å². The SMILES string of the molecule is CC(C)(O)CN1CCC(c2ccc(Nc3ncc(C(F)(F)F)c(CCc4cccc5c4C(C)(C)C(=O)C5)n3)c3c2OCO3)CC1. The summed E-state index contributed by atoms with van der Waals surface area (Å²) >= 11 is 0. The summed E-state index contributed by atoms with van der Waals surface area (Å²) in [4.78, 5) is 23.2. The van der Waals surface area contributed by atoms with Crippen molar-refractivity contribution in [3.8, 4) is 11.5 Å². The summed E-state index contributed by atoms with van der Waals surface area (Å²) in [7, 11) is 0. The normalized spacial score (nSPS) is 18.4. The third-order valence-corrected chi connectivity index (χ3v) is 9.15. The van der Waals surface area contributed by atoms with E-state index in [0.717, 1.165) is 54.4 Å². The minimum Gasteiger partial charge on any atom is -0.453 e. The molecule has 0 spiro atoms. The van der Waals surface area contributed by atoms with E-state index in [-0.39, 0.29) is 36.6 Å². The summed E-state index contributed by atoms with van der Waals surface area (Å²) in [6.07, 6.45) is -1.34. The molecule has 2 aromatic carbocycles. The Morgan fingerprint density at radius 1 is 1.07 bits per heavy atom. The van der Waals surface area contributed by atoms with Gasteiger partial charge in [0.05, 0.1) is 22.5 Å². The maximum atomic E-state index is 14.0. The van der Waals surface area contributed by atoms with Crippen molar-refractivity contribution >= 4 is 17.4 Å². The number of nitrogens with one attached hydrogen (secondary N) is 1. The molecule has 2 N–H and O–H groups in total. The predicted molar refractivity (Wildman–Crippen MR) is 163 cm³/mol. The number of Topliss-reactive ketones (excluding diaryl/α,β-unsaturated/α-hetero) is 1. The topological polar surface area (TPSA) is 96.8 Å². The molecule has 0 bridgehead atoms. The van der Waals surface area contributed by atoms with Gasteiger partial charge < -0.3 is 24.8 Å². The highest BCUT2D eigenvalue weighted by Crippen LogP contribution is 2.47. The highest BCUT2D eigenvalue weighted by Gasteiger charge is 2.40. The summed E-state index contributed by atoms with van der Waals surface area (Å²) in [6.45, 7) is 9.72. The van der Waals surface area contributed by atoms with E-state index in [1.165, 1.54) is 0 Å². The van der Waals surface area contributed by atoms with Crippen molar-refractivity contribution in [2.24, 2.45) is 0 Å². The molecule has 1 aromatic heterocycles. The average molecular weight is 625 g/mol. The summed E-state index contributed by atoms with van der Waals surface area (Å²) in [6, 6.07) is 9.45. The molecule has 1 fully saturated rings. The van der Waals surface area contributed by atoms with Crippen LogP contribution in [0.3, 0.4) is 0 Å². The fraction of sp³-hybridized carbons (Fsp3) is 0.500. The smallest absolute Gasteiger partial charge is 0.419 e. The van der Waals surface area contributed by atoms with Crippen LogP contribution in [-0.4, -0.2) is 57.8 Å². The van der Waals surface area contributed by atoms with E-state index < -0.39 is 22.8 Å². The highest BCUT2D eigenvalue weighted by atomic mass is 19.4. The molecule has 0 radical (unpaired) electrons. The molecule has 3 heterocycles. The number of alkyl halides is 3. The molecule has 0 unspecified atom stereocenters. The van der Waals surface area contributed by atoms with Crippen LogP contribution in [0.4, 0.5) is 24.8 Å². The van der Waals surface area contributed by atoms with E-state index in [1.807, 2.05) is 58.0 Å². The molecule has 3 aliphatic rings. The number of nitrogens with zero attached hydrogens (tertiary/aromatic N) is 3. The Morgan fingerprint density at radius 2 is 1.80 bits per heavy atom. The Labute approximate surface area is 261 Å². The van der Waals surface area contributed by atoms with Crippen LogP contribution in [0, 0.1) is 0 Å². The molecular weight excluding hydrogens is 585 g/mol. The van der Waals surface area contributed by atoms with Gasteiger partial charge >= 0.3 is 6.18 Å². The number of ketones is 1. The fourth-order valence-corrected chi connectivity index (χ4v) is 7.01. The molecule has 2 aliphatic heterocycles. The number of carbonyl (C=O) groups is 1. The molecule has 240 valence electrons. The summed E-state index contributed by atoms with van der Waals surface area (Å²) < 4.78 is 53.8. The molecule has 45 heavy (non-hydrogen) atoms. The number of aromatic nitrogens is 2. The van der Waals surface area contributed by atoms with E-state index in [0.29, 0.717) is 36.6 Å². The van der Waals surface area contributed by atoms with Gasteiger partial charge in [-0.05, 0) is 95.1 Å². The van der Waals surface area contributed by atoms with Crippen molar-refractivity contribution in [3.63, 3.8) is 0 Å². The van der Waals surface area contributed by atoms with Gasteiger partial charge in [0.25, 0.3) is 0 Å². The van der Waals surface area contributed by atoms with E-state index in [4.69, 9.17) is 9.47 Å². The zero-order valence-electron chi connectivity index (χ0n) is 26.1. The number of ether oxygens (including phenoxy) is 2. The van der Waals surface area contributed by atoms with Gasteiger partial charge in [0, 0.05) is 30.1 Å². The number of anilines is 2. The maximum absolute atomic E-state index is 14.0. The number of piperidine rings is 1. The van der Waals surface area contributed by atoms with Crippen LogP contribution >= 0.6 is 0 Å². The van der Waals surface area contributed by atoms with Gasteiger partial charge in [-0.15, -0.1) is 0 Å². The second-order valence-electron chi connectivity index (χ2n) is 13.5. The first-order valence-corrected chi connectivity index (χ1v) is 15.4. The lowest BCUT2D eigenvalue weighted by Crippen LogP contribution is -2.42. The first-order valence-electron chi connectivity index (χ1n) is 15.4. The van der Waals surface area contributed by atoms with E-state index >= 15 is 0 Å². The second-order valence-corrected chi connectivity index (χ2v) is 13.5. The van der Waals surface area contributed by atoms with Crippen molar-refractivity contribution in [2.45, 2.75) is 82.9 Å². The number of aliphatic hydroxyl groups is 1. The largest absolute Gasteiger partial charge is 0.453 e. The molecule has 1 saturated heterocycles. The summed E-state index contributed by atoms with van der Waals surface area (Å²) in [5.41, 5.74) is 1.80. The lowest BCUT2D eigenvalue weighted by Gasteiger charge is -2.35. The Bertz CT molecular complexity index is 1610. The Balaban J connectivity index is 1.22. The number of hydrogen-bond acceptors (Lipinski definition) is 8. The Morgan fingerprint density at radius 3 is 2.51 bits per heavy atom. The average Bonchev–Trinajstić information content (AvgIpc) is 3.54. The monoisotopic (exact) mass is 624 g/mol. The second kappa shape index (κ2) is 11.6. The third-order valence-electron chi connectivity index (χ3n) is 9.15. The van der Waals surface area contributed by atoms with Crippen molar-refractivity contribution in [2.75, 3.05) is 31.7 Å². The minimum atomic E-state index is -4.62. The quantitative estimate of drug-likeness (QED) is 0.310. The number of likely N-dealkylation sites (tertiary alicyclic amines) is 1. The van der Waals surface area contributed by atoms with Crippen LogP contribution in [0.25, 0.3) is 0 Å².